The first kappa shape index (κ1) is 22.8. The van der Waals surface area contributed by atoms with Gasteiger partial charge in [-0.1, -0.05) is 25.5 Å². The molecule has 8 heteroatoms. The number of likely N-dealkylation sites (N-methyl/N-ethyl adjacent to an activating group) is 1. The molecule has 1 N–H and O–H groups in total. The Bertz CT molecular complexity index is 1070. The Kier molecular flexibility index (Phi) is 6.69. The number of nitrogens with one attached hydrogen (secondary N) is 1. The molecule has 1 aliphatic rings. The lowest BCUT2D eigenvalue weighted by Gasteiger charge is -2.33. The number of carbonyl (C=O) groups is 2. The first-order valence-corrected chi connectivity index (χ1v) is 11.8. The number of hydrogen-bond donors (Lipinski definition) is 1. The van der Waals surface area contributed by atoms with Crippen molar-refractivity contribution in [2.45, 2.75) is 49.8 Å². The highest BCUT2D eigenvalue weighted by molar-refractivity contribution is 7.87. The van der Waals surface area contributed by atoms with Gasteiger partial charge in [0, 0.05) is 26.2 Å². The number of hydrogen-bond acceptors (Lipinski definition) is 5. The molecule has 0 spiro atoms. The van der Waals surface area contributed by atoms with Crippen molar-refractivity contribution in [1.82, 2.24) is 4.90 Å². The fourth-order valence-corrected chi connectivity index (χ4v) is 5.00. The molecule has 0 aromatic heterocycles. The lowest BCUT2D eigenvalue weighted by atomic mass is 9.73. The van der Waals surface area contributed by atoms with Crippen LogP contribution in [0.3, 0.4) is 0 Å². The Labute approximate surface area is 183 Å². The third-order valence-corrected chi connectivity index (χ3v) is 7.02. The molecule has 0 radical (unpaired) electrons. The molecule has 3 rings (SSSR count). The molecule has 2 aromatic carbocycles. The Morgan fingerprint density at radius 2 is 1.87 bits per heavy atom. The van der Waals surface area contributed by atoms with Crippen LogP contribution in [-0.2, 0) is 25.1 Å². The van der Waals surface area contributed by atoms with Gasteiger partial charge >= 0.3 is 10.1 Å². The lowest BCUT2D eigenvalue weighted by Crippen LogP contribution is -2.43. The molecule has 1 unspecified atom stereocenters. The topological polar surface area (TPSA) is 92.8 Å². The van der Waals surface area contributed by atoms with E-state index in [0.717, 1.165) is 24.9 Å². The number of amides is 2. The summed E-state index contributed by atoms with van der Waals surface area (Å²) >= 11 is 0. The van der Waals surface area contributed by atoms with Crippen LogP contribution < -0.4 is 9.50 Å². The largest absolute Gasteiger partial charge is 0.379 e. The van der Waals surface area contributed by atoms with Crippen LogP contribution in [-0.4, -0.2) is 38.7 Å². The van der Waals surface area contributed by atoms with Crippen LogP contribution in [0.4, 0.5) is 5.69 Å². The van der Waals surface area contributed by atoms with Crippen molar-refractivity contribution in [2.75, 3.05) is 18.9 Å². The fraction of sp³-hybridized carbons (Fsp3) is 0.391. The van der Waals surface area contributed by atoms with Gasteiger partial charge in [-0.25, -0.2) is 0 Å². The Hall–Kier alpha value is -2.87. The zero-order valence-corrected chi connectivity index (χ0v) is 18.9. The molecule has 0 saturated carbocycles. The molecule has 31 heavy (non-hydrogen) atoms. The molecule has 0 bridgehead atoms. The van der Waals surface area contributed by atoms with Crippen molar-refractivity contribution in [1.29, 1.82) is 0 Å². The summed E-state index contributed by atoms with van der Waals surface area (Å²) in [5.74, 6) is -0.0238. The summed E-state index contributed by atoms with van der Waals surface area (Å²) < 4.78 is 30.9. The predicted molar refractivity (Wildman–Crippen MR) is 118 cm³/mol. The van der Waals surface area contributed by atoms with Gasteiger partial charge in [0.1, 0.15) is 10.6 Å². The molecule has 2 aromatic rings. The quantitative estimate of drug-likeness (QED) is 0.686. The molecule has 1 aliphatic heterocycles. The molecule has 1 heterocycles. The first-order valence-electron chi connectivity index (χ1n) is 10.4. The van der Waals surface area contributed by atoms with Gasteiger partial charge in [-0.2, -0.15) is 8.42 Å². The van der Waals surface area contributed by atoms with E-state index in [2.05, 4.69) is 5.32 Å². The maximum absolute atomic E-state index is 13.2. The highest BCUT2D eigenvalue weighted by Crippen LogP contribution is 2.39. The second kappa shape index (κ2) is 9.09. The summed E-state index contributed by atoms with van der Waals surface area (Å²) in [6.07, 6.45) is 3.21. The van der Waals surface area contributed by atoms with Crippen molar-refractivity contribution in [3.8, 4) is 5.75 Å². The van der Waals surface area contributed by atoms with Gasteiger partial charge in [0.05, 0.1) is 5.41 Å². The maximum Gasteiger partial charge on any atom is 0.339 e. The molecule has 1 fully saturated rings. The number of anilines is 1. The van der Waals surface area contributed by atoms with E-state index in [1.165, 1.54) is 31.2 Å². The van der Waals surface area contributed by atoms with Gasteiger partial charge in [-0.15, -0.1) is 0 Å². The predicted octanol–water partition coefficient (Wildman–Crippen LogP) is 3.70. The maximum atomic E-state index is 13.2. The SMILES string of the molecule is CCC1(c2cccc(OS(=O)(=O)c3ccc(NC(C)=O)cc3)c2)CCCCN(C)C1=O. The van der Waals surface area contributed by atoms with E-state index >= 15 is 0 Å². The highest BCUT2D eigenvalue weighted by atomic mass is 32.2. The van der Waals surface area contributed by atoms with E-state index in [9.17, 15) is 18.0 Å². The number of likely N-dealkylation sites (tertiary alicyclic amines) is 1. The molecule has 166 valence electrons. The Morgan fingerprint density at radius 1 is 1.16 bits per heavy atom. The second-order valence-corrected chi connectivity index (χ2v) is 9.44. The van der Waals surface area contributed by atoms with Crippen LogP contribution >= 0.6 is 0 Å². The minimum absolute atomic E-state index is 0.0255. The normalized spacial score (nSPS) is 19.6. The van der Waals surface area contributed by atoms with E-state index in [0.29, 0.717) is 18.5 Å². The van der Waals surface area contributed by atoms with E-state index in [4.69, 9.17) is 4.18 Å². The third-order valence-electron chi connectivity index (χ3n) is 5.76. The van der Waals surface area contributed by atoms with E-state index in [-0.39, 0.29) is 22.5 Å². The number of rotatable bonds is 6. The number of nitrogens with zero attached hydrogens (tertiary/aromatic N) is 1. The number of carbonyl (C=O) groups excluding carboxylic acids is 2. The van der Waals surface area contributed by atoms with E-state index < -0.39 is 15.5 Å². The van der Waals surface area contributed by atoms with E-state index in [1.807, 2.05) is 20.0 Å². The van der Waals surface area contributed by atoms with Crippen molar-refractivity contribution in [3.63, 3.8) is 0 Å². The van der Waals surface area contributed by atoms with Gasteiger partial charge in [-0.3, -0.25) is 9.59 Å². The zero-order chi connectivity index (χ0) is 22.6. The summed E-state index contributed by atoms with van der Waals surface area (Å²) in [6.45, 7) is 4.08. The van der Waals surface area contributed by atoms with Crippen LogP contribution in [0.15, 0.2) is 53.4 Å². The van der Waals surface area contributed by atoms with Gasteiger partial charge in [0.2, 0.25) is 11.8 Å². The lowest BCUT2D eigenvalue weighted by molar-refractivity contribution is -0.135. The Balaban J connectivity index is 1.89. The van der Waals surface area contributed by atoms with Crippen molar-refractivity contribution >= 4 is 27.6 Å². The standard InChI is InChI=1S/C23H28N2O5S/c1-4-23(14-5-6-15-25(3)22(23)27)18-8-7-9-20(16-18)30-31(28,29)21-12-10-19(11-13-21)24-17(2)26/h7-13,16H,4-6,14-15H2,1-3H3,(H,24,26). The fourth-order valence-electron chi connectivity index (χ4n) is 4.08. The van der Waals surface area contributed by atoms with Crippen LogP contribution in [0.2, 0.25) is 0 Å². The number of benzene rings is 2. The van der Waals surface area contributed by atoms with Crippen LogP contribution in [0.1, 0.15) is 45.1 Å². The van der Waals surface area contributed by atoms with Crippen LogP contribution in [0.25, 0.3) is 0 Å². The molecule has 2 amide bonds. The summed E-state index contributed by atoms with van der Waals surface area (Å²) in [4.78, 5) is 26.0. The van der Waals surface area contributed by atoms with Gasteiger partial charge in [-0.05, 0) is 61.2 Å². The highest BCUT2D eigenvalue weighted by Gasteiger charge is 2.41. The van der Waals surface area contributed by atoms with Gasteiger partial charge in [0.25, 0.3) is 0 Å². The minimum atomic E-state index is -4.07. The molecular weight excluding hydrogens is 416 g/mol. The summed E-state index contributed by atoms with van der Waals surface area (Å²) in [6, 6.07) is 12.6. The van der Waals surface area contributed by atoms with E-state index in [1.54, 1.807) is 23.1 Å². The molecule has 1 atom stereocenters. The third kappa shape index (κ3) is 4.90. The van der Waals surface area contributed by atoms with Crippen molar-refractivity contribution in [2.24, 2.45) is 0 Å². The Morgan fingerprint density at radius 3 is 2.52 bits per heavy atom. The first-order chi connectivity index (χ1) is 14.7. The summed E-state index contributed by atoms with van der Waals surface area (Å²) in [5.41, 5.74) is 0.575. The molecule has 1 saturated heterocycles. The van der Waals surface area contributed by atoms with Gasteiger partial charge in [0.15, 0.2) is 0 Å². The average Bonchev–Trinajstić information content (AvgIpc) is 2.87. The van der Waals surface area contributed by atoms with Gasteiger partial charge < -0.3 is 14.4 Å². The summed E-state index contributed by atoms with van der Waals surface area (Å²) in [7, 11) is -2.26. The van der Waals surface area contributed by atoms with Crippen molar-refractivity contribution < 1.29 is 22.2 Å². The van der Waals surface area contributed by atoms with Crippen LogP contribution in [0.5, 0.6) is 5.75 Å². The second-order valence-electron chi connectivity index (χ2n) is 7.89. The molecule has 7 nitrogen and oxygen atoms in total. The average molecular weight is 445 g/mol. The smallest absolute Gasteiger partial charge is 0.339 e. The monoisotopic (exact) mass is 444 g/mol. The van der Waals surface area contributed by atoms with Crippen LogP contribution in [0, 0.1) is 0 Å². The zero-order valence-electron chi connectivity index (χ0n) is 18.1. The summed E-state index contributed by atoms with van der Waals surface area (Å²) in [5, 5.41) is 2.59. The minimum Gasteiger partial charge on any atom is -0.379 e. The molecular formula is C23H28N2O5S. The molecule has 0 aliphatic carbocycles. The van der Waals surface area contributed by atoms with Crippen molar-refractivity contribution in [3.05, 3.63) is 54.1 Å².